The summed E-state index contributed by atoms with van der Waals surface area (Å²) in [6, 6.07) is 6.79. The lowest BCUT2D eigenvalue weighted by Crippen LogP contribution is -1.99. The zero-order chi connectivity index (χ0) is 15.0. The van der Waals surface area contributed by atoms with Gasteiger partial charge in [-0.1, -0.05) is 0 Å². The van der Waals surface area contributed by atoms with Gasteiger partial charge in [0.15, 0.2) is 0 Å². The standard InChI is InChI=1S/C13H7N3O5/c17-13(18)8-4-7(5-9(6-8)16(19)20)11-15-10-2-1-3-14-12(10)21-11/h1-6H,(H,17,18). The molecule has 104 valence electrons. The molecule has 1 aromatic carbocycles. The predicted octanol–water partition coefficient (Wildman–Crippen LogP) is 2.50. The van der Waals surface area contributed by atoms with Crippen LogP contribution in [-0.4, -0.2) is 26.0 Å². The second kappa shape index (κ2) is 4.67. The van der Waals surface area contributed by atoms with Crippen molar-refractivity contribution in [3.63, 3.8) is 0 Å². The number of hydrogen-bond acceptors (Lipinski definition) is 6. The van der Waals surface area contributed by atoms with E-state index in [0.717, 1.165) is 6.07 Å². The largest absolute Gasteiger partial charge is 0.478 e. The highest BCUT2D eigenvalue weighted by Crippen LogP contribution is 2.27. The molecule has 0 fully saturated rings. The maximum absolute atomic E-state index is 11.0. The maximum atomic E-state index is 11.0. The molecule has 0 aliphatic carbocycles. The zero-order valence-electron chi connectivity index (χ0n) is 10.4. The molecule has 0 aliphatic rings. The van der Waals surface area contributed by atoms with Gasteiger partial charge in [-0.25, -0.2) is 14.8 Å². The summed E-state index contributed by atoms with van der Waals surface area (Å²) in [5, 5.41) is 19.9. The van der Waals surface area contributed by atoms with E-state index in [1.165, 1.54) is 18.3 Å². The van der Waals surface area contributed by atoms with Crippen LogP contribution in [0.15, 0.2) is 40.9 Å². The summed E-state index contributed by atoms with van der Waals surface area (Å²) in [6.07, 6.45) is 1.52. The van der Waals surface area contributed by atoms with Crippen LogP contribution in [0.25, 0.3) is 22.7 Å². The number of aromatic carboxylic acids is 1. The van der Waals surface area contributed by atoms with Crippen molar-refractivity contribution in [2.24, 2.45) is 0 Å². The van der Waals surface area contributed by atoms with Crippen LogP contribution in [0.1, 0.15) is 10.4 Å². The number of pyridine rings is 1. The van der Waals surface area contributed by atoms with Crippen LogP contribution in [0.2, 0.25) is 0 Å². The van der Waals surface area contributed by atoms with Gasteiger partial charge in [-0.2, -0.15) is 0 Å². The summed E-state index contributed by atoms with van der Waals surface area (Å²) in [5.74, 6) is -1.19. The Labute approximate surface area is 116 Å². The minimum absolute atomic E-state index is 0.0786. The average Bonchev–Trinajstić information content (AvgIpc) is 2.90. The fourth-order valence-corrected chi connectivity index (χ4v) is 1.86. The molecule has 1 N–H and O–H groups in total. The van der Waals surface area contributed by atoms with Crippen molar-refractivity contribution in [2.75, 3.05) is 0 Å². The Kier molecular flexibility index (Phi) is 2.83. The molecule has 0 atom stereocenters. The van der Waals surface area contributed by atoms with Crippen LogP contribution in [0.5, 0.6) is 0 Å². The third kappa shape index (κ3) is 2.29. The minimum atomic E-state index is -1.27. The number of non-ortho nitro benzene ring substituents is 1. The van der Waals surface area contributed by atoms with Crippen molar-refractivity contribution in [1.82, 2.24) is 9.97 Å². The van der Waals surface area contributed by atoms with E-state index in [1.807, 2.05) is 0 Å². The Hall–Kier alpha value is -3.29. The Morgan fingerprint density at radius 3 is 2.81 bits per heavy atom. The molecular weight excluding hydrogens is 278 g/mol. The molecular formula is C13H7N3O5. The number of aromatic nitrogens is 2. The number of carboxylic acids is 1. The number of rotatable bonds is 3. The molecule has 3 aromatic rings. The molecule has 8 nitrogen and oxygen atoms in total. The highest BCUT2D eigenvalue weighted by Gasteiger charge is 2.17. The number of carboxylic acid groups (broad SMARTS) is 1. The molecule has 0 spiro atoms. The van der Waals surface area contributed by atoms with Gasteiger partial charge < -0.3 is 9.52 Å². The highest BCUT2D eigenvalue weighted by molar-refractivity contribution is 5.90. The SMILES string of the molecule is O=C(O)c1cc(-c2nc3cccnc3o2)cc([N+](=O)[O-])c1. The molecule has 0 saturated carbocycles. The van der Waals surface area contributed by atoms with Crippen molar-refractivity contribution in [3.8, 4) is 11.5 Å². The summed E-state index contributed by atoms with van der Waals surface area (Å²) in [4.78, 5) is 29.4. The molecule has 0 amide bonds. The van der Waals surface area contributed by atoms with Gasteiger partial charge in [-0.3, -0.25) is 10.1 Å². The van der Waals surface area contributed by atoms with Gasteiger partial charge in [0.2, 0.25) is 11.6 Å². The molecule has 0 unspecified atom stereocenters. The summed E-state index contributed by atoms with van der Waals surface area (Å²) >= 11 is 0. The van der Waals surface area contributed by atoms with Gasteiger partial charge in [0.05, 0.1) is 10.5 Å². The molecule has 3 rings (SSSR count). The number of nitro groups is 1. The highest BCUT2D eigenvalue weighted by atomic mass is 16.6. The fourth-order valence-electron chi connectivity index (χ4n) is 1.86. The second-order valence-electron chi connectivity index (χ2n) is 4.18. The van der Waals surface area contributed by atoms with Gasteiger partial charge in [0.1, 0.15) is 5.52 Å². The monoisotopic (exact) mass is 285 g/mol. The summed E-state index contributed by atoms with van der Waals surface area (Å²) in [5.41, 5.74) is 0.404. The van der Waals surface area contributed by atoms with Crippen molar-refractivity contribution >= 4 is 22.9 Å². The minimum Gasteiger partial charge on any atom is -0.478 e. The van der Waals surface area contributed by atoms with E-state index in [9.17, 15) is 14.9 Å². The number of nitro benzene ring substituents is 1. The van der Waals surface area contributed by atoms with Crippen LogP contribution >= 0.6 is 0 Å². The lowest BCUT2D eigenvalue weighted by Gasteiger charge is -1.99. The quantitative estimate of drug-likeness (QED) is 0.579. The van der Waals surface area contributed by atoms with Crippen molar-refractivity contribution < 1.29 is 19.2 Å². The Morgan fingerprint density at radius 1 is 1.33 bits per heavy atom. The van der Waals surface area contributed by atoms with E-state index in [-0.39, 0.29) is 28.4 Å². The number of oxazole rings is 1. The van der Waals surface area contributed by atoms with Gasteiger partial charge >= 0.3 is 5.97 Å². The normalized spacial score (nSPS) is 10.7. The third-order valence-electron chi connectivity index (χ3n) is 2.79. The van der Waals surface area contributed by atoms with Crippen molar-refractivity contribution in [3.05, 3.63) is 52.2 Å². The molecule has 21 heavy (non-hydrogen) atoms. The predicted molar refractivity (Wildman–Crippen MR) is 70.9 cm³/mol. The van der Waals surface area contributed by atoms with Crippen LogP contribution in [-0.2, 0) is 0 Å². The van der Waals surface area contributed by atoms with E-state index in [4.69, 9.17) is 9.52 Å². The summed E-state index contributed by atoms with van der Waals surface area (Å²) in [7, 11) is 0. The van der Waals surface area contributed by atoms with Gasteiger partial charge in [-0.05, 0) is 18.2 Å². The van der Waals surface area contributed by atoms with Crippen LogP contribution < -0.4 is 0 Å². The summed E-state index contributed by atoms with van der Waals surface area (Å²) < 4.78 is 5.39. The topological polar surface area (TPSA) is 119 Å². The lowest BCUT2D eigenvalue weighted by atomic mass is 10.1. The van der Waals surface area contributed by atoms with Crippen molar-refractivity contribution in [2.45, 2.75) is 0 Å². The first-order chi connectivity index (χ1) is 10.0. The molecule has 0 saturated heterocycles. The Balaban J connectivity index is 2.20. The first-order valence-corrected chi connectivity index (χ1v) is 5.79. The number of carbonyl (C=O) groups is 1. The van der Waals surface area contributed by atoms with Crippen molar-refractivity contribution in [1.29, 1.82) is 0 Å². The Bertz CT molecular complexity index is 806. The molecule has 0 radical (unpaired) electrons. The first kappa shape index (κ1) is 12.7. The number of fused-ring (bicyclic) bond motifs is 1. The van der Waals surface area contributed by atoms with Gasteiger partial charge in [0, 0.05) is 23.9 Å². The van der Waals surface area contributed by atoms with Crippen LogP contribution in [0, 0.1) is 10.1 Å². The van der Waals surface area contributed by atoms with Gasteiger partial charge in [0.25, 0.3) is 5.69 Å². The first-order valence-electron chi connectivity index (χ1n) is 5.79. The molecule has 0 bridgehead atoms. The molecule has 2 aromatic heterocycles. The number of nitrogens with zero attached hydrogens (tertiary/aromatic N) is 3. The van der Waals surface area contributed by atoms with E-state index >= 15 is 0 Å². The van der Waals surface area contributed by atoms with E-state index in [2.05, 4.69) is 9.97 Å². The maximum Gasteiger partial charge on any atom is 0.335 e. The van der Waals surface area contributed by atoms with Gasteiger partial charge in [-0.15, -0.1) is 0 Å². The van der Waals surface area contributed by atoms with Crippen LogP contribution in [0.4, 0.5) is 5.69 Å². The van der Waals surface area contributed by atoms with Crippen LogP contribution in [0.3, 0.4) is 0 Å². The average molecular weight is 285 g/mol. The fraction of sp³-hybridized carbons (Fsp3) is 0. The molecule has 2 heterocycles. The number of benzene rings is 1. The van der Waals surface area contributed by atoms with E-state index < -0.39 is 10.9 Å². The summed E-state index contributed by atoms with van der Waals surface area (Å²) in [6.45, 7) is 0. The third-order valence-corrected chi connectivity index (χ3v) is 2.79. The lowest BCUT2D eigenvalue weighted by molar-refractivity contribution is -0.384. The zero-order valence-corrected chi connectivity index (χ0v) is 10.4. The smallest absolute Gasteiger partial charge is 0.335 e. The number of hydrogen-bond donors (Lipinski definition) is 1. The second-order valence-corrected chi connectivity index (χ2v) is 4.18. The molecule has 8 heteroatoms. The molecule has 0 aliphatic heterocycles. The van der Waals surface area contributed by atoms with E-state index in [1.54, 1.807) is 12.1 Å². The van der Waals surface area contributed by atoms with E-state index in [0.29, 0.717) is 5.52 Å². The Morgan fingerprint density at radius 2 is 2.14 bits per heavy atom.